The van der Waals surface area contributed by atoms with E-state index in [0.29, 0.717) is 34.2 Å². The number of hydrogen-bond acceptors (Lipinski definition) is 5. The smallest absolute Gasteiger partial charge is 0.333 e. The maximum absolute atomic E-state index is 11.4. The first-order chi connectivity index (χ1) is 14.2. The van der Waals surface area contributed by atoms with Gasteiger partial charge in [-0.1, -0.05) is 33.3 Å². The van der Waals surface area contributed by atoms with E-state index in [1.54, 1.807) is 0 Å². The number of aliphatic hydroxyl groups is 2. The molecule has 0 saturated heterocycles. The predicted octanol–water partition coefficient (Wildman–Crippen LogP) is 4.23. The zero-order valence-corrected chi connectivity index (χ0v) is 18.5. The Bertz CT molecular complexity index is 801. The van der Waals surface area contributed by atoms with Crippen molar-refractivity contribution >= 4 is 5.97 Å². The van der Waals surface area contributed by atoms with Crippen molar-refractivity contribution in [3.63, 3.8) is 0 Å². The Hall–Kier alpha value is -1.17. The molecule has 2 N–H and O–H groups in total. The van der Waals surface area contributed by atoms with Crippen LogP contribution in [0.4, 0.5) is 0 Å². The van der Waals surface area contributed by atoms with Gasteiger partial charge in [0.05, 0.1) is 6.10 Å². The number of carbonyl (C=O) groups excluding carboxylic acids is 1. The molecule has 166 valence electrons. The van der Waals surface area contributed by atoms with Crippen molar-refractivity contribution in [3.8, 4) is 0 Å². The standard InChI is InChI=1S/C25H36O5/c1-15-8-12-25-14-23(25,2)10-4-5-19(25)24(15,3)11-9-16-6-7-18(29-21(16)27)17-13-20(26)30-22(17)28/h6,13,15,18-19,21-22,27-28H,4-5,7-12,14H2,1-3H3/t15-,18?,19+,21?,22?,23-,24-,25-/m1/s1. The molecule has 5 aliphatic rings. The van der Waals surface area contributed by atoms with E-state index in [1.165, 1.54) is 44.6 Å². The fraction of sp³-hybridized carbons (Fsp3) is 0.800. The van der Waals surface area contributed by atoms with Crippen molar-refractivity contribution in [1.82, 2.24) is 0 Å². The Balaban J connectivity index is 1.28. The first-order valence-corrected chi connectivity index (χ1v) is 11.8. The minimum Gasteiger partial charge on any atom is -0.429 e. The second-order valence-corrected chi connectivity index (χ2v) is 11.2. The molecule has 0 aromatic heterocycles. The summed E-state index contributed by atoms with van der Waals surface area (Å²) >= 11 is 0. The van der Waals surface area contributed by atoms with Gasteiger partial charge >= 0.3 is 5.97 Å². The quantitative estimate of drug-likeness (QED) is 0.530. The van der Waals surface area contributed by atoms with Crippen LogP contribution < -0.4 is 0 Å². The number of hydrogen-bond donors (Lipinski definition) is 2. The average molecular weight is 417 g/mol. The topological polar surface area (TPSA) is 76.0 Å². The van der Waals surface area contributed by atoms with Gasteiger partial charge in [0.15, 0.2) is 6.29 Å². The van der Waals surface area contributed by atoms with Gasteiger partial charge in [0, 0.05) is 11.6 Å². The van der Waals surface area contributed by atoms with E-state index in [-0.39, 0.29) is 0 Å². The van der Waals surface area contributed by atoms with Crippen molar-refractivity contribution in [3.05, 3.63) is 23.3 Å². The molecule has 5 nitrogen and oxygen atoms in total. The summed E-state index contributed by atoms with van der Waals surface area (Å²) in [6.07, 6.45) is 11.3. The lowest BCUT2D eigenvalue weighted by atomic mass is 9.50. The first kappa shape index (κ1) is 20.7. The monoisotopic (exact) mass is 416 g/mol. The average Bonchev–Trinajstić information content (AvgIpc) is 3.19. The molecular formula is C25H36O5. The summed E-state index contributed by atoms with van der Waals surface area (Å²) in [7, 11) is 0. The van der Waals surface area contributed by atoms with Gasteiger partial charge in [-0.05, 0) is 85.0 Å². The minimum atomic E-state index is -1.26. The molecule has 30 heavy (non-hydrogen) atoms. The Morgan fingerprint density at radius 3 is 2.67 bits per heavy atom. The van der Waals surface area contributed by atoms with Gasteiger partial charge in [-0.15, -0.1) is 0 Å². The SMILES string of the molecule is C[C@@H]1CC[C@]23C[C@@]2(C)CCC[C@H]3[C@]1(C)CCC1=CCC(C2=CC(=O)OC2O)OC1O. The zero-order valence-electron chi connectivity index (χ0n) is 18.5. The number of rotatable bonds is 4. The zero-order chi connectivity index (χ0) is 21.3. The second-order valence-electron chi connectivity index (χ2n) is 11.2. The van der Waals surface area contributed by atoms with Crippen molar-refractivity contribution in [2.24, 2.45) is 28.1 Å². The largest absolute Gasteiger partial charge is 0.429 e. The molecule has 0 radical (unpaired) electrons. The summed E-state index contributed by atoms with van der Waals surface area (Å²) in [5, 5.41) is 20.5. The third-order valence-corrected chi connectivity index (χ3v) is 9.94. The van der Waals surface area contributed by atoms with E-state index in [0.717, 1.165) is 24.3 Å². The van der Waals surface area contributed by atoms with Gasteiger partial charge in [-0.3, -0.25) is 0 Å². The van der Waals surface area contributed by atoms with Crippen LogP contribution in [0.2, 0.25) is 0 Å². The Morgan fingerprint density at radius 2 is 1.97 bits per heavy atom. The van der Waals surface area contributed by atoms with Crippen molar-refractivity contribution in [2.75, 3.05) is 0 Å². The maximum atomic E-state index is 11.4. The number of carbonyl (C=O) groups is 1. The van der Waals surface area contributed by atoms with Crippen LogP contribution in [0, 0.1) is 28.1 Å². The summed E-state index contributed by atoms with van der Waals surface area (Å²) in [5.41, 5.74) is 2.80. The van der Waals surface area contributed by atoms with E-state index in [4.69, 9.17) is 9.47 Å². The molecule has 0 aromatic carbocycles. The number of aliphatic hydroxyl groups excluding tert-OH is 2. The van der Waals surface area contributed by atoms with Gasteiger partial charge in [-0.25, -0.2) is 4.79 Å². The summed E-state index contributed by atoms with van der Waals surface area (Å²) in [4.78, 5) is 11.4. The molecule has 5 rings (SSSR count). The van der Waals surface area contributed by atoms with Crippen molar-refractivity contribution in [2.45, 2.75) is 97.2 Å². The van der Waals surface area contributed by atoms with E-state index in [2.05, 4.69) is 20.8 Å². The van der Waals surface area contributed by atoms with E-state index in [1.807, 2.05) is 6.08 Å². The highest BCUT2D eigenvalue weighted by Crippen LogP contribution is 2.80. The fourth-order valence-corrected chi connectivity index (χ4v) is 7.78. The van der Waals surface area contributed by atoms with Crippen molar-refractivity contribution in [1.29, 1.82) is 0 Å². The maximum Gasteiger partial charge on any atom is 0.333 e. The highest BCUT2D eigenvalue weighted by Gasteiger charge is 2.72. The molecule has 3 saturated carbocycles. The number of cyclic esters (lactones) is 1. The highest BCUT2D eigenvalue weighted by atomic mass is 16.6. The normalized spacial score (nSPS) is 50.2. The molecule has 3 fully saturated rings. The van der Waals surface area contributed by atoms with E-state index < -0.39 is 24.7 Å². The molecule has 3 unspecified atom stereocenters. The van der Waals surface area contributed by atoms with Gasteiger partial charge < -0.3 is 19.7 Å². The molecule has 1 spiro atoms. The molecule has 8 atom stereocenters. The molecule has 2 aliphatic heterocycles. The van der Waals surface area contributed by atoms with E-state index in [9.17, 15) is 15.0 Å². The Morgan fingerprint density at radius 1 is 1.17 bits per heavy atom. The van der Waals surface area contributed by atoms with Gasteiger partial charge in [0.2, 0.25) is 6.29 Å². The van der Waals surface area contributed by atoms with Gasteiger partial charge in [-0.2, -0.15) is 0 Å². The third-order valence-electron chi connectivity index (χ3n) is 9.94. The molecule has 0 bridgehead atoms. The van der Waals surface area contributed by atoms with Crippen LogP contribution in [0.25, 0.3) is 0 Å². The molecule has 2 heterocycles. The lowest BCUT2D eigenvalue weighted by Gasteiger charge is -2.55. The highest BCUT2D eigenvalue weighted by molar-refractivity contribution is 5.85. The Kier molecular flexibility index (Phi) is 4.77. The van der Waals surface area contributed by atoms with Crippen LogP contribution in [0.3, 0.4) is 0 Å². The first-order valence-electron chi connectivity index (χ1n) is 11.8. The predicted molar refractivity (Wildman–Crippen MR) is 112 cm³/mol. The number of esters is 1. The lowest BCUT2D eigenvalue weighted by molar-refractivity contribution is -0.155. The summed E-state index contributed by atoms with van der Waals surface area (Å²) in [5.74, 6) is 0.940. The third kappa shape index (κ3) is 2.96. The van der Waals surface area contributed by atoms with Crippen LogP contribution in [-0.2, 0) is 14.3 Å². The van der Waals surface area contributed by atoms with Gasteiger partial charge in [0.1, 0.15) is 0 Å². The second kappa shape index (κ2) is 6.91. The molecule has 3 aliphatic carbocycles. The Labute approximate surface area is 179 Å². The van der Waals surface area contributed by atoms with Crippen LogP contribution in [-0.4, -0.2) is 34.9 Å². The number of ether oxygens (including phenoxy) is 2. The van der Waals surface area contributed by atoms with Crippen LogP contribution in [0.5, 0.6) is 0 Å². The summed E-state index contributed by atoms with van der Waals surface area (Å²) in [6.45, 7) is 7.47. The van der Waals surface area contributed by atoms with Crippen LogP contribution >= 0.6 is 0 Å². The summed E-state index contributed by atoms with van der Waals surface area (Å²) < 4.78 is 10.5. The minimum absolute atomic E-state index is 0.304. The molecule has 0 amide bonds. The lowest BCUT2D eigenvalue weighted by Crippen LogP contribution is -2.47. The summed E-state index contributed by atoms with van der Waals surface area (Å²) in [6, 6.07) is 0. The molecule has 0 aromatic rings. The molecular weight excluding hydrogens is 380 g/mol. The van der Waals surface area contributed by atoms with Crippen molar-refractivity contribution < 1.29 is 24.5 Å². The van der Waals surface area contributed by atoms with Gasteiger partial charge in [0.25, 0.3) is 0 Å². The van der Waals surface area contributed by atoms with E-state index >= 15 is 0 Å². The van der Waals surface area contributed by atoms with Crippen LogP contribution in [0.1, 0.15) is 78.6 Å². The molecule has 5 heteroatoms. The fourth-order valence-electron chi connectivity index (χ4n) is 7.78. The van der Waals surface area contributed by atoms with Crippen LogP contribution in [0.15, 0.2) is 23.3 Å².